The van der Waals surface area contributed by atoms with Crippen molar-refractivity contribution in [3.05, 3.63) is 5.82 Å². The third-order valence-corrected chi connectivity index (χ3v) is 4.18. The summed E-state index contributed by atoms with van der Waals surface area (Å²) in [5.74, 6) is 2.08. The van der Waals surface area contributed by atoms with Gasteiger partial charge in [-0.25, -0.2) is 8.78 Å². The molecule has 2 fully saturated rings. The number of ether oxygens (including phenoxy) is 1. The number of piperidine rings is 1. The first-order valence-electron chi connectivity index (χ1n) is 7.48. The van der Waals surface area contributed by atoms with Gasteiger partial charge in [0, 0.05) is 32.1 Å². The Morgan fingerprint density at radius 2 is 2.29 bits per heavy atom. The minimum absolute atomic E-state index is 0.229. The van der Waals surface area contributed by atoms with Gasteiger partial charge in [-0.15, -0.1) is 5.10 Å². The monoisotopic (exact) mass is 301 g/mol. The van der Waals surface area contributed by atoms with E-state index in [2.05, 4.69) is 25.4 Å². The van der Waals surface area contributed by atoms with Crippen LogP contribution in [-0.4, -0.2) is 60.5 Å². The van der Waals surface area contributed by atoms with E-state index >= 15 is 0 Å². The van der Waals surface area contributed by atoms with Crippen LogP contribution in [0.4, 0.5) is 14.7 Å². The summed E-state index contributed by atoms with van der Waals surface area (Å²) in [6.07, 6.45) is 0.465. The summed E-state index contributed by atoms with van der Waals surface area (Å²) >= 11 is 0. The largest absolute Gasteiger partial charge is 0.375 e. The van der Waals surface area contributed by atoms with Crippen LogP contribution in [0.5, 0.6) is 0 Å². The molecule has 0 aromatic carbocycles. The lowest BCUT2D eigenvalue weighted by Gasteiger charge is -2.36. The van der Waals surface area contributed by atoms with Gasteiger partial charge < -0.3 is 15.0 Å². The lowest BCUT2D eigenvalue weighted by Crippen LogP contribution is -2.45. The number of fused-ring (bicyclic) bond motifs is 1. The third-order valence-electron chi connectivity index (χ3n) is 4.18. The van der Waals surface area contributed by atoms with Gasteiger partial charge in [-0.2, -0.15) is 4.98 Å². The molecular weight excluding hydrogens is 280 g/mol. The van der Waals surface area contributed by atoms with Crippen LogP contribution in [0.3, 0.4) is 0 Å². The predicted molar refractivity (Wildman–Crippen MR) is 73.6 cm³/mol. The fraction of sp³-hybridized carbons (Fsp3) is 0.846. The molecule has 2 aliphatic heterocycles. The minimum Gasteiger partial charge on any atom is -0.375 e. The van der Waals surface area contributed by atoms with E-state index < -0.39 is 13.0 Å². The Morgan fingerprint density at radius 1 is 1.38 bits per heavy atom. The van der Waals surface area contributed by atoms with Crippen LogP contribution < -0.4 is 10.2 Å². The van der Waals surface area contributed by atoms with E-state index in [4.69, 9.17) is 4.74 Å². The van der Waals surface area contributed by atoms with Crippen molar-refractivity contribution < 1.29 is 13.5 Å². The molecular formula is C13H21F2N5O. The molecule has 3 heterocycles. The van der Waals surface area contributed by atoms with Crippen LogP contribution >= 0.6 is 0 Å². The summed E-state index contributed by atoms with van der Waals surface area (Å²) in [6, 6.07) is 0.470. The first kappa shape index (κ1) is 14.6. The van der Waals surface area contributed by atoms with Gasteiger partial charge in [0.1, 0.15) is 12.4 Å². The number of hydrogen-bond acceptors (Lipinski definition) is 5. The summed E-state index contributed by atoms with van der Waals surface area (Å²) in [6.45, 7) is 2.73. The molecule has 21 heavy (non-hydrogen) atoms. The fourth-order valence-electron chi connectivity index (χ4n) is 3.18. The molecule has 1 aromatic heterocycles. The Bertz CT molecular complexity index is 456. The summed E-state index contributed by atoms with van der Waals surface area (Å²) in [4.78, 5) is 6.73. The Kier molecular flexibility index (Phi) is 4.64. The van der Waals surface area contributed by atoms with E-state index in [0.29, 0.717) is 24.2 Å². The highest BCUT2D eigenvalue weighted by Gasteiger charge is 2.36. The van der Waals surface area contributed by atoms with Crippen LogP contribution in [0.15, 0.2) is 0 Å². The van der Waals surface area contributed by atoms with Gasteiger partial charge in [-0.3, -0.25) is 5.10 Å². The maximum absolute atomic E-state index is 12.0. The van der Waals surface area contributed by atoms with Gasteiger partial charge in [-0.05, 0) is 18.8 Å². The maximum Gasteiger partial charge on any atom is 0.261 e. The van der Waals surface area contributed by atoms with Gasteiger partial charge >= 0.3 is 0 Å². The van der Waals surface area contributed by atoms with Crippen molar-refractivity contribution in [3.63, 3.8) is 0 Å². The average Bonchev–Trinajstić information content (AvgIpc) is 3.12. The number of aromatic nitrogens is 3. The summed E-state index contributed by atoms with van der Waals surface area (Å²) in [5.41, 5.74) is 0. The van der Waals surface area contributed by atoms with Crippen LogP contribution in [0.1, 0.15) is 18.7 Å². The number of halogens is 2. The molecule has 2 saturated heterocycles. The van der Waals surface area contributed by atoms with Crippen LogP contribution in [0.25, 0.3) is 0 Å². The molecule has 0 radical (unpaired) electrons. The number of H-pyrrole nitrogens is 1. The number of aromatic amines is 1. The Hall–Kier alpha value is -1.28. The van der Waals surface area contributed by atoms with E-state index in [-0.39, 0.29) is 6.61 Å². The molecule has 0 spiro atoms. The van der Waals surface area contributed by atoms with Gasteiger partial charge in [0.2, 0.25) is 5.95 Å². The second-order valence-electron chi connectivity index (χ2n) is 5.62. The zero-order valence-corrected chi connectivity index (χ0v) is 11.9. The number of nitrogens with one attached hydrogen (secondary N) is 2. The number of alkyl halides is 2. The Morgan fingerprint density at radius 3 is 3.14 bits per heavy atom. The zero-order valence-electron chi connectivity index (χ0n) is 11.9. The molecule has 2 N–H and O–H groups in total. The SMILES string of the molecule is FC(F)COCCc1nc(N2CCCC3CNCC32)n[nH]1. The van der Waals surface area contributed by atoms with Crippen LogP contribution in [0.2, 0.25) is 0 Å². The molecule has 0 bridgehead atoms. The predicted octanol–water partition coefficient (Wildman–Crippen LogP) is 0.817. The molecule has 2 aliphatic rings. The maximum atomic E-state index is 12.0. The molecule has 0 aliphatic carbocycles. The van der Waals surface area contributed by atoms with Crippen molar-refractivity contribution in [3.8, 4) is 0 Å². The number of nitrogens with zero attached hydrogens (tertiary/aromatic N) is 3. The number of anilines is 1. The van der Waals surface area contributed by atoms with Crippen molar-refractivity contribution in [1.82, 2.24) is 20.5 Å². The molecule has 2 atom stereocenters. The van der Waals surface area contributed by atoms with E-state index in [0.717, 1.165) is 32.0 Å². The standard InChI is InChI=1S/C13H21F2N5O/c14-11(15)8-21-5-3-12-17-13(19-18-12)20-4-1-2-9-6-16-7-10(9)20/h9-11,16H,1-8H2,(H,17,18,19). The normalized spacial score (nSPS) is 25.6. The molecule has 0 saturated carbocycles. The smallest absolute Gasteiger partial charge is 0.261 e. The molecule has 3 rings (SSSR count). The van der Waals surface area contributed by atoms with E-state index in [1.807, 2.05) is 0 Å². The second kappa shape index (κ2) is 6.65. The number of rotatable bonds is 6. The van der Waals surface area contributed by atoms with E-state index in [9.17, 15) is 8.78 Å². The van der Waals surface area contributed by atoms with Crippen molar-refractivity contribution >= 4 is 5.95 Å². The van der Waals surface area contributed by atoms with Crippen molar-refractivity contribution in [2.75, 3.05) is 37.7 Å². The minimum atomic E-state index is -2.42. The highest BCUT2D eigenvalue weighted by atomic mass is 19.3. The highest BCUT2D eigenvalue weighted by molar-refractivity contribution is 5.33. The average molecular weight is 301 g/mol. The van der Waals surface area contributed by atoms with Crippen molar-refractivity contribution in [1.29, 1.82) is 0 Å². The molecule has 2 unspecified atom stereocenters. The van der Waals surface area contributed by atoms with Gasteiger partial charge in [0.15, 0.2) is 0 Å². The quantitative estimate of drug-likeness (QED) is 0.762. The second-order valence-corrected chi connectivity index (χ2v) is 5.62. The first-order chi connectivity index (χ1) is 10.2. The topological polar surface area (TPSA) is 66.1 Å². The molecule has 1 aromatic rings. The number of hydrogen-bond donors (Lipinski definition) is 2. The molecule has 8 heteroatoms. The van der Waals surface area contributed by atoms with Gasteiger partial charge in [0.05, 0.1) is 6.61 Å². The van der Waals surface area contributed by atoms with Gasteiger partial charge in [-0.1, -0.05) is 0 Å². The van der Waals surface area contributed by atoms with Crippen LogP contribution in [-0.2, 0) is 11.2 Å². The van der Waals surface area contributed by atoms with E-state index in [1.165, 1.54) is 6.42 Å². The molecule has 0 amide bonds. The Balaban J connectivity index is 1.54. The zero-order chi connectivity index (χ0) is 14.7. The van der Waals surface area contributed by atoms with Crippen LogP contribution in [0, 0.1) is 5.92 Å². The Labute approximate surface area is 122 Å². The lowest BCUT2D eigenvalue weighted by atomic mass is 9.92. The lowest BCUT2D eigenvalue weighted by molar-refractivity contribution is 0.0183. The molecule has 6 nitrogen and oxygen atoms in total. The fourth-order valence-corrected chi connectivity index (χ4v) is 3.18. The summed E-state index contributed by atoms with van der Waals surface area (Å²) in [5, 5.41) is 10.6. The summed E-state index contributed by atoms with van der Waals surface area (Å²) < 4.78 is 28.8. The first-order valence-corrected chi connectivity index (χ1v) is 7.48. The van der Waals surface area contributed by atoms with Gasteiger partial charge in [0.25, 0.3) is 6.43 Å². The summed E-state index contributed by atoms with van der Waals surface area (Å²) in [7, 11) is 0. The van der Waals surface area contributed by atoms with E-state index in [1.54, 1.807) is 0 Å². The highest BCUT2D eigenvalue weighted by Crippen LogP contribution is 2.28. The van der Waals surface area contributed by atoms with Crippen molar-refractivity contribution in [2.24, 2.45) is 5.92 Å². The van der Waals surface area contributed by atoms with Crippen molar-refractivity contribution in [2.45, 2.75) is 31.7 Å². The third kappa shape index (κ3) is 3.49. The molecule has 118 valence electrons.